The molecule has 4 N–H and O–H groups in total. The number of nitrogens with two attached hydrogens (primary N) is 1. The Labute approximate surface area is 109 Å². The van der Waals surface area contributed by atoms with Gasteiger partial charge in [-0.3, -0.25) is 9.59 Å². The summed E-state index contributed by atoms with van der Waals surface area (Å²) in [5, 5.41) is 5.30. The number of nitrogens with one attached hydrogen (secondary N) is 2. The molecule has 0 aliphatic carbocycles. The third-order valence-electron chi connectivity index (χ3n) is 3.06. The zero-order chi connectivity index (χ0) is 13.6. The van der Waals surface area contributed by atoms with Gasteiger partial charge in [-0.1, -0.05) is 0 Å². The summed E-state index contributed by atoms with van der Waals surface area (Å²) in [5.41, 5.74) is 7.62. The van der Waals surface area contributed by atoms with Crippen molar-refractivity contribution >= 4 is 28.9 Å². The number of anilines is 3. The van der Waals surface area contributed by atoms with Crippen LogP contribution in [0.4, 0.5) is 17.1 Å². The molecule has 1 aromatic rings. The molecule has 19 heavy (non-hydrogen) atoms. The Morgan fingerprint density at radius 3 is 2.74 bits per heavy atom. The Kier molecular flexibility index (Phi) is 2.48. The minimum absolute atomic E-state index is 0.253. The summed E-state index contributed by atoms with van der Waals surface area (Å²) in [5.74, 6) is -2.09. The molecule has 2 aliphatic rings. The van der Waals surface area contributed by atoms with Crippen molar-refractivity contribution in [1.29, 1.82) is 0 Å². The van der Waals surface area contributed by atoms with Gasteiger partial charge in [-0.15, -0.1) is 0 Å². The quantitative estimate of drug-likeness (QED) is 0.635. The van der Waals surface area contributed by atoms with E-state index in [4.69, 9.17) is 15.2 Å². The van der Waals surface area contributed by atoms with E-state index in [1.165, 1.54) is 6.92 Å². The smallest absolute Gasteiger partial charge is 0.290 e. The molecule has 3 rings (SSSR count). The standard InChI is InChI=1S/C12H13N3O4/c1-6(16)14-9-5-7(13)4-8-10(9)15-11(17)12(8)18-2-3-19-12/h4-5H,2-3,13H2,1H3,(H,14,16)(H,15,17). The molecule has 0 radical (unpaired) electrons. The molecule has 100 valence electrons. The lowest BCUT2D eigenvalue weighted by Crippen LogP contribution is -2.35. The first-order valence-electron chi connectivity index (χ1n) is 5.84. The van der Waals surface area contributed by atoms with Crippen molar-refractivity contribution in [2.75, 3.05) is 29.6 Å². The van der Waals surface area contributed by atoms with Crippen LogP contribution < -0.4 is 16.4 Å². The maximum atomic E-state index is 12.1. The lowest BCUT2D eigenvalue weighted by molar-refractivity contribution is -0.178. The molecule has 7 nitrogen and oxygen atoms in total. The highest BCUT2D eigenvalue weighted by atomic mass is 16.7. The van der Waals surface area contributed by atoms with Crippen molar-refractivity contribution in [1.82, 2.24) is 0 Å². The normalized spacial score (nSPS) is 19.3. The summed E-state index contributed by atoms with van der Waals surface area (Å²) in [4.78, 5) is 23.3. The topological polar surface area (TPSA) is 103 Å². The molecule has 1 spiro atoms. The monoisotopic (exact) mass is 263 g/mol. The zero-order valence-corrected chi connectivity index (χ0v) is 10.3. The number of hydrogen-bond acceptors (Lipinski definition) is 5. The molecule has 0 bridgehead atoms. The Hall–Kier alpha value is -2.12. The molecule has 0 saturated carbocycles. The predicted molar refractivity (Wildman–Crippen MR) is 67.4 cm³/mol. The van der Waals surface area contributed by atoms with Gasteiger partial charge in [0.1, 0.15) is 0 Å². The van der Waals surface area contributed by atoms with Gasteiger partial charge >= 0.3 is 0 Å². The van der Waals surface area contributed by atoms with Crippen molar-refractivity contribution in [3.8, 4) is 0 Å². The minimum Gasteiger partial charge on any atom is -0.399 e. The number of benzene rings is 1. The number of hydrogen-bond donors (Lipinski definition) is 3. The molecule has 1 aromatic carbocycles. The van der Waals surface area contributed by atoms with Crippen LogP contribution in [-0.2, 0) is 24.8 Å². The van der Waals surface area contributed by atoms with E-state index >= 15 is 0 Å². The molecule has 2 aliphatic heterocycles. The second-order valence-electron chi connectivity index (χ2n) is 4.44. The summed E-state index contributed by atoms with van der Waals surface area (Å²) >= 11 is 0. The molecular weight excluding hydrogens is 250 g/mol. The summed E-state index contributed by atoms with van der Waals surface area (Å²) in [6.07, 6.45) is 0. The summed E-state index contributed by atoms with van der Waals surface area (Å²) < 4.78 is 10.9. The molecule has 2 amide bonds. The van der Waals surface area contributed by atoms with Crippen molar-refractivity contribution in [3.05, 3.63) is 17.7 Å². The summed E-state index contributed by atoms with van der Waals surface area (Å²) in [7, 11) is 0. The maximum absolute atomic E-state index is 12.1. The van der Waals surface area contributed by atoms with E-state index in [1.807, 2.05) is 0 Å². The van der Waals surface area contributed by atoms with Gasteiger partial charge in [0, 0.05) is 18.2 Å². The fourth-order valence-electron chi connectivity index (χ4n) is 2.36. The average Bonchev–Trinajstić information content (AvgIpc) is 2.90. The molecule has 1 fully saturated rings. The number of carbonyl (C=O) groups is 2. The van der Waals surface area contributed by atoms with Crippen LogP contribution in [0, 0.1) is 0 Å². The van der Waals surface area contributed by atoms with Gasteiger partial charge in [-0.05, 0) is 12.1 Å². The lowest BCUT2D eigenvalue weighted by Gasteiger charge is -2.19. The van der Waals surface area contributed by atoms with Gasteiger partial charge in [0.05, 0.1) is 24.6 Å². The van der Waals surface area contributed by atoms with Crippen molar-refractivity contribution in [2.45, 2.75) is 12.7 Å². The first-order valence-corrected chi connectivity index (χ1v) is 5.84. The average molecular weight is 263 g/mol. The lowest BCUT2D eigenvalue weighted by atomic mass is 10.0. The van der Waals surface area contributed by atoms with Crippen LogP contribution in [-0.4, -0.2) is 25.0 Å². The van der Waals surface area contributed by atoms with Crippen LogP contribution in [0.3, 0.4) is 0 Å². The third-order valence-corrected chi connectivity index (χ3v) is 3.06. The largest absolute Gasteiger partial charge is 0.399 e. The Morgan fingerprint density at radius 2 is 2.11 bits per heavy atom. The van der Waals surface area contributed by atoms with Gasteiger partial charge in [-0.2, -0.15) is 0 Å². The molecule has 0 atom stereocenters. The second-order valence-corrected chi connectivity index (χ2v) is 4.44. The van der Waals surface area contributed by atoms with Gasteiger partial charge in [-0.25, -0.2) is 0 Å². The molecule has 0 unspecified atom stereocenters. The number of fused-ring (bicyclic) bond motifs is 2. The molecule has 7 heteroatoms. The van der Waals surface area contributed by atoms with E-state index < -0.39 is 11.7 Å². The van der Waals surface area contributed by atoms with Gasteiger partial charge in [0.2, 0.25) is 5.91 Å². The van der Waals surface area contributed by atoms with E-state index in [9.17, 15) is 9.59 Å². The van der Waals surface area contributed by atoms with Gasteiger partial charge < -0.3 is 25.8 Å². The predicted octanol–water partition coefficient (Wildman–Crippen LogP) is 0.379. The van der Waals surface area contributed by atoms with Gasteiger partial charge in [0.15, 0.2) is 0 Å². The van der Waals surface area contributed by atoms with Crippen LogP contribution in [0.5, 0.6) is 0 Å². The highest BCUT2D eigenvalue weighted by molar-refractivity contribution is 6.09. The Bertz CT molecular complexity index is 579. The van der Waals surface area contributed by atoms with Gasteiger partial charge in [0.25, 0.3) is 11.7 Å². The summed E-state index contributed by atoms with van der Waals surface area (Å²) in [6.45, 7) is 2.04. The number of rotatable bonds is 1. The highest BCUT2D eigenvalue weighted by Crippen LogP contribution is 2.46. The number of nitrogen functional groups attached to an aromatic ring is 1. The van der Waals surface area contributed by atoms with Crippen LogP contribution in [0.1, 0.15) is 12.5 Å². The number of carbonyl (C=O) groups excluding carboxylic acids is 2. The number of amides is 2. The molecular formula is C12H13N3O4. The third kappa shape index (κ3) is 1.66. The van der Waals surface area contributed by atoms with Crippen LogP contribution >= 0.6 is 0 Å². The Morgan fingerprint density at radius 1 is 1.42 bits per heavy atom. The van der Waals surface area contributed by atoms with E-state index in [1.54, 1.807) is 12.1 Å². The van der Waals surface area contributed by atoms with Crippen molar-refractivity contribution in [2.24, 2.45) is 0 Å². The van der Waals surface area contributed by atoms with E-state index in [2.05, 4.69) is 10.6 Å². The first kappa shape index (κ1) is 11.9. The number of ether oxygens (including phenoxy) is 2. The second kappa shape index (κ2) is 3.94. The Balaban J connectivity index is 2.15. The molecule has 2 heterocycles. The molecule has 1 saturated heterocycles. The van der Waals surface area contributed by atoms with Crippen LogP contribution in [0.2, 0.25) is 0 Å². The fourth-order valence-corrected chi connectivity index (χ4v) is 2.36. The minimum atomic E-state index is -1.43. The summed E-state index contributed by atoms with van der Waals surface area (Å²) in [6, 6.07) is 3.19. The first-order chi connectivity index (χ1) is 9.03. The van der Waals surface area contributed by atoms with Crippen molar-refractivity contribution < 1.29 is 19.1 Å². The van der Waals surface area contributed by atoms with E-state index in [0.717, 1.165) is 0 Å². The van der Waals surface area contributed by atoms with E-state index in [0.29, 0.717) is 35.8 Å². The van der Waals surface area contributed by atoms with Crippen molar-refractivity contribution in [3.63, 3.8) is 0 Å². The van der Waals surface area contributed by atoms with E-state index in [-0.39, 0.29) is 5.91 Å². The van der Waals surface area contributed by atoms with Crippen LogP contribution in [0.25, 0.3) is 0 Å². The van der Waals surface area contributed by atoms with Crippen LogP contribution in [0.15, 0.2) is 12.1 Å². The SMILES string of the molecule is CC(=O)Nc1cc(N)cc2c1NC(=O)C21OCCO1. The fraction of sp³-hybridized carbons (Fsp3) is 0.333. The molecule has 0 aromatic heterocycles. The maximum Gasteiger partial charge on any atom is 0.290 e. The highest BCUT2D eigenvalue weighted by Gasteiger charge is 2.53. The zero-order valence-electron chi connectivity index (χ0n) is 10.3.